The highest BCUT2D eigenvalue weighted by molar-refractivity contribution is 7.92. The van der Waals surface area contributed by atoms with Crippen LogP contribution in [0.4, 0.5) is 11.4 Å². The predicted molar refractivity (Wildman–Crippen MR) is 84.4 cm³/mol. The van der Waals surface area contributed by atoms with Crippen molar-refractivity contribution in [3.05, 3.63) is 47.0 Å². The standard InChI is InChI=1S/C14H15ClN2O3S/c1-9-3-5-11(8-12(9)15)17-21(18,19)14-6-4-10(16)7-13(14)20-2/h3-8,17H,16H2,1-2H3. The van der Waals surface area contributed by atoms with Gasteiger partial charge in [-0.25, -0.2) is 8.42 Å². The second-order valence-corrected chi connectivity index (χ2v) is 6.54. The Morgan fingerprint density at radius 2 is 1.90 bits per heavy atom. The molecule has 0 unspecified atom stereocenters. The van der Waals surface area contributed by atoms with Crippen molar-refractivity contribution in [1.82, 2.24) is 0 Å². The third kappa shape index (κ3) is 3.40. The fourth-order valence-electron chi connectivity index (χ4n) is 1.77. The molecule has 0 amide bonds. The van der Waals surface area contributed by atoms with Crippen LogP contribution in [0.15, 0.2) is 41.3 Å². The van der Waals surface area contributed by atoms with Crippen molar-refractivity contribution >= 4 is 33.0 Å². The molecule has 0 fully saturated rings. The lowest BCUT2D eigenvalue weighted by atomic mass is 10.2. The van der Waals surface area contributed by atoms with E-state index in [2.05, 4.69) is 4.72 Å². The second-order valence-electron chi connectivity index (χ2n) is 4.48. The molecule has 112 valence electrons. The topological polar surface area (TPSA) is 81.4 Å². The Labute approximate surface area is 128 Å². The number of methoxy groups -OCH3 is 1. The summed E-state index contributed by atoms with van der Waals surface area (Å²) in [5, 5.41) is 0.486. The average Bonchev–Trinajstić information content (AvgIpc) is 2.42. The smallest absolute Gasteiger partial charge is 0.265 e. The molecule has 0 heterocycles. The Bertz CT molecular complexity index is 776. The van der Waals surface area contributed by atoms with E-state index in [1.807, 2.05) is 6.92 Å². The maximum atomic E-state index is 12.4. The van der Waals surface area contributed by atoms with E-state index in [4.69, 9.17) is 22.1 Å². The number of nitrogens with one attached hydrogen (secondary N) is 1. The molecule has 3 N–H and O–H groups in total. The second kappa shape index (κ2) is 5.83. The van der Waals surface area contributed by atoms with E-state index in [1.54, 1.807) is 18.2 Å². The summed E-state index contributed by atoms with van der Waals surface area (Å²) in [7, 11) is -2.41. The van der Waals surface area contributed by atoms with Crippen LogP contribution in [0, 0.1) is 6.92 Å². The number of halogens is 1. The lowest BCUT2D eigenvalue weighted by Crippen LogP contribution is -2.14. The van der Waals surface area contributed by atoms with E-state index in [0.29, 0.717) is 16.4 Å². The molecule has 2 aromatic carbocycles. The highest BCUT2D eigenvalue weighted by Gasteiger charge is 2.20. The molecule has 0 saturated heterocycles. The van der Waals surface area contributed by atoms with E-state index < -0.39 is 10.0 Å². The van der Waals surface area contributed by atoms with Crippen molar-refractivity contribution in [2.45, 2.75) is 11.8 Å². The van der Waals surface area contributed by atoms with E-state index in [0.717, 1.165) is 5.56 Å². The van der Waals surface area contributed by atoms with Gasteiger partial charge in [0.25, 0.3) is 10.0 Å². The SMILES string of the molecule is COc1cc(N)ccc1S(=O)(=O)Nc1ccc(C)c(Cl)c1. The average molecular weight is 327 g/mol. The molecule has 2 rings (SSSR count). The number of aryl methyl sites for hydroxylation is 1. The number of hydrogen-bond donors (Lipinski definition) is 2. The van der Waals surface area contributed by atoms with Gasteiger partial charge in [0.05, 0.1) is 12.8 Å². The molecule has 0 aromatic heterocycles. The molecule has 0 aliphatic carbocycles. The zero-order valence-electron chi connectivity index (χ0n) is 11.6. The van der Waals surface area contributed by atoms with Crippen LogP contribution in [0.2, 0.25) is 5.02 Å². The van der Waals surface area contributed by atoms with Gasteiger partial charge >= 0.3 is 0 Å². The molecule has 2 aromatic rings. The number of sulfonamides is 1. The minimum atomic E-state index is -3.79. The molecule has 0 aliphatic rings. The van der Waals surface area contributed by atoms with Crippen LogP contribution in [-0.2, 0) is 10.0 Å². The minimum Gasteiger partial charge on any atom is -0.495 e. The lowest BCUT2D eigenvalue weighted by Gasteiger charge is -2.12. The molecule has 0 radical (unpaired) electrons. The Balaban J connectivity index is 2.40. The maximum absolute atomic E-state index is 12.4. The first-order valence-electron chi connectivity index (χ1n) is 6.06. The van der Waals surface area contributed by atoms with Gasteiger partial charge in [0.15, 0.2) is 0 Å². The molecule has 0 atom stereocenters. The summed E-state index contributed by atoms with van der Waals surface area (Å²) in [4.78, 5) is 0.0101. The predicted octanol–water partition coefficient (Wildman–Crippen LogP) is 3.04. The zero-order valence-corrected chi connectivity index (χ0v) is 13.1. The van der Waals surface area contributed by atoms with E-state index in [9.17, 15) is 8.42 Å². The molecule has 21 heavy (non-hydrogen) atoms. The van der Waals surface area contributed by atoms with Crippen molar-refractivity contribution in [2.24, 2.45) is 0 Å². The van der Waals surface area contributed by atoms with Gasteiger partial charge < -0.3 is 10.5 Å². The molecular formula is C14H15ClN2O3S. The van der Waals surface area contributed by atoms with Gasteiger partial charge in [0.2, 0.25) is 0 Å². The number of ether oxygens (including phenoxy) is 1. The number of rotatable bonds is 4. The molecule has 0 aliphatic heterocycles. The van der Waals surface area contributed by atoms with Crippen molar-refractivity contribution < 1.29 is 13.2 Å². The van der Waals surface area contributed by atoms with Gasteiger partial charge in [-0.05, 0) is 36.8 Å². The third-order valence-electron chi connectivity index (χ3n) is 2.90. The maximum Gasteiger partial charge on any atom is 0.265 e. The lowest BCUT2D eigenvalue weighted by molar-refractivity contribution is 0.403. The van der Waals surface area contributed by atoms with Crippen LogP contribution in [0.3, 0.4) is 0 Å². The molecule has 0 spiro atoms. The molecule has 0 bridgehead atoms. The minimum absolute atomic E-state index is 0.0101. The van der Waals surface area contributed by atoms with Crippen molar-refractivity contribution in [1.29, 1.82) is 0 Å². The van der Waals surface area contributed by atoms with Crippen molar-refractivity contribution in [3.63, 3.8) is 0 Å². The summed E-state index contributed by atoms with van der Waals surface area (Å²) in [5.74, 6) is 0.181. The first-order valence-corrected chi connectivity index (χ1v) is 7.92. The van der Waals surface area contributed by atoms with Crippen LogP contribution in [-0.4, -0.2) is 15.5 Å². The van der Waals surface area contributed by atoms with Crippen LogP contribution >= 0.6 is 11.6 Å². The third-order valence-corrected chi connectivity index (χ3v) is 4.73. The van der Waals surface area contributed by atoms with E-state index >= 15 is 0 Å². The van der Waals surface area contributed by atoms with Gasteiger partial charge in [0.1, 0.15) is 10.6 Å². The van der Waals surface area contributed by atoms with Crippen LogP contribution in [0.1, 0.15) is 5.56 Å². The van der Waals surface area contributed by atoms with Crippen molar-refractivity contribution in [2.75, 3.05) is 17.6 Å². The molecule has 5 nitrogen and oxygen atoms in total. The van der Waals surface area contributed by atoms with Crippen LogP contribution < -0.4 is 15.2 Å². The largest absolute Gasteiger partial charge is 0.495 e. The van der Waals surface area contributed by atoms with Crippen LogP contribution in [0.5, 0.6) is 5.75 Å². The summed E-state index contributed by atoms with van der Waals surface area (Å²) in [6, 6.07) is 9.28. The number of nitrogens with two attached hydrogens (primary N) is 1. The highest BCUT2D eigenvalue weighted by Crippen LogP contribution is 2.28. The molecular weight excluding hydrogens is 312 g/mol. The number of hydrogen-bond acceptors (Lipinski definition) is 4. The summed E-state index contributed by atoms with van der Waals surface area (Å²) in [6.45, 7) is 1.84. The van der Waals surface area contributed by atoms with Crippen molar-refractivity contribution in [3.8, 4) is 5.75 Å². The van der Waals surface area contributed by atoms with Gasteiger partial charge in [0, 0.05) is 16.8 Å². The Morgan fingerprint density at radius 1 is 1.19 bits per heavy atom. The van der Waals surface area contributed by atoms with Gasteiger partial charge in [-0.15, -0.1) is 0 Å². The monoisotopic (exact) mass is 326 g/mol. The number of anilines is 2. The van der Waals surface area contributed by atoms with E-state index in [1.165, 1.54) is 25.3 Å². The zero-order chi connectivity index (χ0) is 15.6. The van der Waals surface area contributed by atoms with Gasteiger partial charge in [-0.3, -0.25) is 4.72 Å². The number of benzene rings is 2. The fourth-order valence-corrected chi connectivity index (χ4v) is 3.15. The summed E-state index contributed by atoms with van der Waals surface area (Å²) >= 11 is 5.99. The Morgan fingerprint density at radius 3 is 2.52 bits per heavy atom. The van der Waals surface area contributed by atoms with Crippen LogP contribution in [0.25, 0.3) is 0 Å². The molecule has 7 heteroatoms. The Hall–Kier alpha value is -1.92. The summed E-state index contributed by atoms with van der Waals surface area (Å²) < 4.78 is 32.4. The summed E-state index contributed by atoms with van der Waals surface area (Å²) in [6.07, 6.45) is 0. The normalized spacial score (nSPS) is 11.2. The first kappa shape index (κ1) is 15.5. The van der Waals surface area contributed by atoms with E-state index in [-0.39, 0.29) is 10.6 Å². The summed E-state index contributed by atoms with van der Waals surface area (Å²) in [5.41, 5.74) is 7.29. The van der Waals surface area contributed by atoms with Gasteiger partial charge in [-0.2, -0.15) is 0 Å². The quantitative estimate of drug-likeness (QED) is 0.846. The Kier molecular flexibility index (Phi) is 4.29. The molecule has 0 saturated carbocycles. The number of nitrogen functional groups attached to an aromatic ring is 1. The van der Waals surface area contributed by atoms with Gasteiger partial charge in [-0.1, -0.05) is 17.7 Å². The highest BCUT2D eigenvalue weighted by atomic mass is 35.5. The fraction of sp³-hybridized carbons (Fsp3) is 0.143. The first-order chi connectivity index (χ1) is 9.83.